The maximum atomic E-state index is 11.2. The molecule has 0 unspecified atom stereocenters. The summed E-state index contributed by atoms with van der Waals surface area (Å²) in [5.74, 6) is 0. The van der Waals surface area contributed by atoms with E-state index in [1.807, 2.05) is 4.90 Å². The van der Waals surface area contributed by atoms with Crippen molar-refractivity contribution in [2.24, 2.45) is 5.73 Å². The van der Waals surface area contributed by atoms with E-state index in [1.165, 1.54) is 0 Å². The zero-order valence-electron chi connectivity index (χ0n) is 6.68. The number of urea groups is 1. The molecule has 0 spiro atoms. The van der Waals surface area contributed by atoms with E-state index < -0.39 is 0 Å². The Morgan fingerprint density at radius 1 is 1.45 bits per heavy atom. The molecule has 1 aliphatic rings. The van der Waals surface area contributed by atoms with Gasteiger partial charge in [0.2, 0.25) is 0 Å². The SMILES string of the molecule is NCCNC(=O)N1CCCC1. The molecule has 0 saturated carbocycles. The summed E-state index contributed by atoms with van der Waals surface area (Å²) in [6.07, 6.45) is 2.27. The van der Waals surface area contributed by atoms with Crippen molar-refractivity contribution < 1.29 is 4.79 Å². The largest absolute Gasteiger partial charge is 0.337 e. The number of amides is 2. The summed E-state index contributed by atoms with van der Waals surface area (Å²) in [5, 5.41) is 2.74. The Morgan fingerprint density at radius 3 is 2.64 bits per heavy atom. The minimum Gasteiger partial charge on any atom is -0.337 e. The van der Waals surface area contributed by atoms with Crippen LogP contribution in [-0.4, -0.2) is 37.1 Å². The Bertz CT molecular complexity index is 132. The van der Waals surface area contributed by atoms with Crippen LogP contribution in [0.1, 0.15) is 12.8 Å². The van der Waals surface area contributed by atoms with E-state index in [0.717, 1.165) is 25.9 Å². The van der Waals surface area contributed by atoms with Gasteiger partial charge in [-0.2, -0.15) is 0 Å². The fraction of sp³-hybridized carbons (Fsp3) is 0.857. The van der Waals surface area contributed by atoms with Gasteiger partial charge in [-0.15, -0.1) is 0 Å². The molecule has 0 bridgehead atoms. The quantitative estimate of drug-likeness (QED) is 0.580. The summed E-state index contributed by atoms with van der Waals surface area (Å²) in [4.78, 5) is 13.0. The van der Waals surface area contributed by atoms with E-state index in [9.17, 15) is 4.79 Å². The number of hydrogen-bond acceptors (Lipinski definition) is 2. The molecule has 1 aliphatic heterocycles. The number of rotatable bonds is 2. The molecule has 1 saturated heterocycles. The highest BCUT2D eigenvalue weighted by molar-refractivity contribution is 5.74. The van der Waals surface area contributed by atoms with Crippen LogP contribution < -0.4 is 11.1 Å². The highest BCUT2D eigenvalue weighted by Crippen LogP contribution is 2.06. The molecule has 0 aromatic carbocycles. The van der Waals surface area contributed by atoms with Crippen LogP contribution in [0.4, 0.5) is 4.79 Å². The van der Waals surface area contributed by atoms with E-state index in [-0.39, 0.29) is 6.03 Å². The van der Waals surface area contributed by atoms with Gasteiger partial charge in [-0.1, -0.05) is 0 Å². The van der Waals surface area contributed by atoms with Gasteiger partial charge in [-0.05, 0) is 12.8 Å². The van der Waals surface area contributed by atoms with Gasteiger partial charge in [0.25, 0.3) is 0 Å². The average molecular weight is 157 g/mol. The molecule has 11 heavy (non-hydrogen) atoms. The van der Waals surface area contributed by atoms with Crippen LogP contribution in [0.25, 0.3) is 0 Å². The van der Waals surface area contributed by atoms with Gasteiger partial charge in [0, 0.05) is 26.2 Å². The van der Waals surface area contributed by atoms with Crippen LogP contribution in [0.3, 0.4) is 0 Å². The molecule has 0 aromatic rings. The lowest BCUT2D eigenvalue weighted by atomic mass is 10.4. The Kier molecular flexibility index (Phi) is 3.16. The van der Waals surface area contributed by atoms with Gasteiger partial charge in [0.05, 0.1) is 0 Å². The number of nitrogens with one attached hydrogen (secondary N) is 1. The Balaban J connectivity index is 2.17. The highest BCUT2D eigenvalue weighted by Gasteiger charge is 2.16. The number of nitrogens with zero attached hydrogens (tertiary/aromatic N) is 1. The van der Waals surface area contributed by atoms with E-state index in [0.29, 0.717) is 13.1 Å². The molecule has 3 N–H and O–H groups in total. The molecule has 4 nitrogen and oxygen atoms in total. The van der Waals surface area contributed by atoms with Crippen molar-refractivity contribution in [3.8, 4) is 0 Å². The summed E-state index contributed by atoms with van der Waals surface area (Å²) in [5.41, 5.74) is 5.24. The van der Waals surface area contributed by atoms with Gasteiger partial charge < -0.3 is 16.0 Å². The van der Waals surface area contributed by atoms with Crippen LogP contribution >= 0.6 is 0 Å². The molecule has 4 heteroatoms. The minimum atomic E-state index is 0.0351. The number of likely N-dealkylation sites (tertiary alicyclic amines) is 1. The summed E-state index contributed by atoms with van der Waals surface area (Å²) < 4.78 is 0. The Hall–Kier alpha value is -0.770. The average Bonchev–Trinajstić information content (AvgIpc) is 2.52. The van der Waals surface area contributed by atoms with Gasteiger partial charge in [-0.3, -0.25) is 0 Å². The van der Waals surface area contributed by atoms with Crippen molar-refractivity contribution in [1.82, 2.24) is 10.2 Å². The van der Waals surface area contributed by atoms with E-state index >= 15 is 0 Å². The number of nitrogens with two attached hydrogens (primary N) is 1. The van der Waals surface area contributed by atoms with Gasteiger partial charge in [0.15, 0.2) is 0 Å². The predicted molar refractivity (Wildman–Crippen MR) is 43.3 cm³/mol. The lowest BCUT2D eigenvalue weighted by Gasteiger charge is -2.15. The molecular weight excluding hydrogens is 142 g/mol. The smallest absolute Gasteiger partial charge is 0.317 e. The third-order valence-corrected chi connectivity index (χ3v) is 1.81. The fourth-order valence-electron chi connectivity index (χ4n) is 1.21. The summed E-state index contributed by atoms with van der Waals surface area (Å²) >= 11 is 0. The van der Waals surface area contributed by atoms with E-state index in [1.54, 1.807) is 0 Å². The fourth-order valence-corrected chi connectivity index (χ4v) is 1.21. The lowest BCUT2D eigenvalue weighted by molar-refractivity contribution is 0.209. The maximum absolute atomic E-state index is 11.2. The van der Waals surface area contributed by atoms with Crippen molar-refractivity contribution in [3.63, 3.8) is 0 Å². The van der Waals surface area contributed by atoms with E-state index in [4.69, 9.17) is 5.73 Å². The van der Waals surface area contributed by atoms with Gasteiger partial charge in [0.1, 0.15) is 0 Å². The van der Waals surface area contributed by atoms with Gasteiger partial charge >= 0.3 is 6.03 Å². The Labute approximate surface area is 66.7 Å². The molecule has 0 aliphatic carbocycles. The minimum absolute atomic E-state index is 0.0351. The van der Waals surface area contributed by atoms with Crippen molar-refractivity contribution in [1.29, 1.82) is 0 Å². The van der Waals surface area contributed by atoms with Crippen molar-refractivity contribution in [2.75, 3.05) is 26.2 Å². The Morgan fingerprint density at radius 2 is 2.09 bits per heavy atom. The lowest BCUT2D eigenvalue weighted by Crippen LogP contribution is -2.40. The summed E-state index contributed by atoms with van der Waals surface area (Å²) in [6, 6.07) is 0.0351. The number of carbonyl (C=O) groups is 1. The predicted octanol–water partition coefficient (Wildman–Crippen LogP) is -0.250. The number of hydrogen-bond donors (Lipinski definition) is 2. The highest BCUT2D eigenvalue weighted by atomic mass is 16.2. The molecule has 0 aromatic heterocycles. The first-order valence-electron chi connectivity index (χ1n) is 4.07. The first kappa shape index (κ1) is 8.33. The first-order chi connectivity index (χ1) is 5.34. The zero-order valence-corrected chi connectivity index (χ0v) is 6.68. The summed E-state index contributed by atoms with van der Waals surface area (Å²) in [6.45, 7) is 2.89. The molecule has 64 valence electrons. The summed E-state index contributed by atoms with van der Waals surface area (Å²) in [7, 11) is 0. The van der Waals surface area contributed by atoms with Crippen molar-refractivity contribution >= 4 is 6.03 Å². The monoisotopic (exact) mass is 157 g/mol. The van der Waals surface area contributed by atoms with Crippen LogP contribution in [0.5, 0.6) is 0 Å². The third kappa shape index (κ3) is 2.38. The van der Waals surface area contributed by atoms with Crippen molar-refractivity contribution in [3.05, 3.63) is 0 Å². The number of carbonyl (C=O) groups excluding carboxylic acids is 1. The van der Waals surface area contributed by atoms with E-state index in [2.05, 4.69) is 5.32 Å². The third-order valence-electron chi connectivity index (χ3n) is 1.81. The maximum Gasteiger partial charge on any atom is 0.317 e. The van der Waals surface area contributed by atoms with Crippen molar-refractivity contribution in [2.45, 2.75) is 12.8 Å². The second-order valence-electron chi connectivity index (χ2n) is 2.71. The second kappa shape index (κ2) is 4.18. The molecule has 1 heterocycles. The molecule has 1 fully saturated rings. The molecule has 1 rings (SSSR count). The molecule has 0 radical (unpaired) electrons. The van der Waals surface area contributed by atoms with Crippen LogP contribution in [0, 0.1) is 0 Å². The second-order valence-corrected chi connectivity index (χ2v) is 2.71. The first-order valence-corrected chi connectivity index (χ1v) is 4.07. The molecular formula is C7H15N3O. The molecule has 0 atom stereocenters. The standard InChI is InChI=1S/C7H15N3O/c8-3-4-9-7(11)10-5-1-2-6-10/h1-6,8H2,(H,9,11). The van der Waals surface area contributed by atoms with Crippen LogP contribution in [0.2, 0.25) is 0 Å². The van der Waals surface area contributed by atoms with Gasteiger partial charge in [-0.25, -0.2) is 4.79 Å². The van der Waals surface area contributed by atoms with Crippen LogP contribution in [0.15, 0.2) is 0 Å². The van der Waals surface area contributed by atoms with Crippen LogP contribution in [-0.2, 0) is 0 Å². The topological polar surface area (TPSA) is 58.4 Å². The normalized spacial score (nSPS) is 17.0. The zero-order chi connectivity index (χ0) is 8.10. The molecule has 2 amide bonds.